The molecular formula is C9H13F3O2. The Morgan fingerprint density at radius 1 is 1.43 bits per heavy atom. The molecule has 0 spiro atoms. The van der Waals surface area contributed by atoms with E-state index in [1.807, 2.05) is 6.92 Å². The topological polar surface area (TPSA) is 26.3 Å². The molecule has 0 amide bonds. The number of unbranched alkanes of at least 4 members (excludes halogenated alkanes) is 2. The second-order valence-electron chi connectivity index (χ2n) is 2.84. The highest BCUT2D eigenvalue weighted by Gasteiger charge is 2.41. The summed E-state index contributed by atoms with van der Waals surface area (Å²) in [5.41, 5.74) is 0. The quantitative estimate of drug-likeness (QED) is 0.404. The third-order valence-corrected chi connectivity index (χ3v) is 1.47. The lowest BCUT2D eigenvalue weighted by Crippen LogP contribution is -2.24. The lowest BCUT2D eigenvalue weighted by molar-refractivity contribution is -0.195. The summed E-state index contributed by atoms with van der Waals surface area (Å²) in [7, 11) is 0. The van der Waals surface area contributed by atoms with Gasteiger partial charge >= 0.3 is 12.1 Å². The van der Waals surface area contributed by atoms with Crippen LogP contribution >= 0.6 is 0 Å². The lowest BCUT2D eigenvalue weighted by Gasteiger charge is -2.06. The average molecular weight is 210 g/mol. The number of hydrogen-bond acceptors (Lipinski definition) is 2. The van der Waals surface area contributed by atoms with Crippen molar-refractivity contribution in [2.75, 3.05) is 0 Å². The van der Waals surface area contributed by atoms with E-state index in [-0.39, 0.29) is 5.76 Å². The van der Waals surface area contributed by atoms with E-state index in [2.05, 4.69) is 4.74 Å². The number of esters is 1. The summed E-state index contributed by atoms with van der Waals surface area (Å²) in [4.78, 5) is 10.3. The van der Waals surface area contributed by atoms with E-state index in [0.717, 1.165) is 12.8 Å². The van der Waals surface area contributed by atoms with Crippen LogP contribution in [0, 0.1) is 0 Å². The normalized spacial score (nSPS) is 12.8. The molecule has 0 aromatic heterocycles. The molecule has 0 heterocycles. The highest BCUT2D eigenvalue weighted by molar-refractivity contribution is 5.76. The van der Waals surface area contributed by atoms with E-state index in [0.29, 0.717) is 6.42 Å². The summed E-state index contributed by atoms with van der Waals surface area (Å²) in [6, 6.07) is 0. The van der Waals surface area contributed by atoms with Crippen molar-refractivity contribution in [2.24, 2.45) is 0 Å². The summed E-state index contributed by atoms with van der Waals surface area (Å²) in [6.45, 7) is 3.30. The second-order valence-corrected chi connectivity index (χ2v) is 2.84. The number of carbonyl (C=O) groups excluding carboxylic acids is 1. The van der Waals surface area contributed by atoms with Crippen LogP contribution in [-0.2, 0) is 9.53 Å². The minimum Gasteiger partial charge on any atom is -0.425 e. The smallest absolute Gasteiger partial charge is 0.425 e. The maximum atomic E-state index is 11.7. The fraction of sp³-hybridized carbons (Fsp3) is 0.667. The van der Waals surface area contributed by atoms with Crippen molar-refractivity contribution >= 4 is 5.97 Å². The van der Waals surface area contributed by atoms with Gasteiger partial charge in [-0.25, -0.2) is 4.79 Å². The SMILES string of the molecule is CCCC/C=C(/C)OC(=O)C(F)(F)F. The summed E-state index contributed by atoms with van der Waals surface area (Å²) in [5, 5.41) is 0. The zero-order valence-electron chi connectivity index (χ0n) is 8.15. The van der Waals surface area contributed by atoms with Crippen molar-refractivity contribution in [1.29, 1.82) is 0 Å². The zero-order chi connectivity index (χ0) is 11.2. The molecule has 0 aliphatic rings. The Morgan fingerprint density at radius 3 is 2.43 bits per heavy atom. The first kappa shape index (κ1) is 13.0. The second kappa shape index (κ2) is 5.67. The molecule has 0 aromatic rings. The van der Waals surface area contributed by atoms with Gasteiger partial charge in [0.15, 0.2) is 0 Å². The Labute approximate surface area is 80.7 Å². The molecule has 82 valence electrons. The molecule has 0 radical (unpaired) electrons. The van der Waals surface area contributed by atoms with E-state index in [4.69, 9.17) is 0 Å². The van der Waals surface area contributed by atoms with E-state index in [9.17, 15) is 18.0 Å². The number of ether oxygens (including phenoxy) is 1. The number of hydrogen-bond donors (Lipinski definition) is 0. The predicted octanol–water partition coefficient (Wildman–Crippen LogP) is 3.19. The van der Waals surface area contributed by atoms with Gasteiger partial charge in [-0.05, 0) is 25.8 Å². The van der Waals surface area contributed by atoms with Crippen molar-refractivity contribution in [3.8, 4) is 0 Å². The van der Waals surface area contributed by atoms with Gasteiger partial charge < -0.3 is 4.74 Å². The van der Waals surface area contributed by atoms with Crippen LogP contribution in [0.3, 0.4) is 0 Å². The van der Waals surface area contributed by atoms with Crippen LogP contribution in [0.15, 0.2) is 11.8 Å². The van der Waals surface area contributed by atoms with E-state index in [1.54, 1.807) is 0 Å². The van der Waals surface area contributed by atoms with Crippen LogP contribution in [0.4, 0.5) is 13.2 Å². The third kappa shape index (κ3) is 5.61. The minimum atomic E-state index is -4.92. The Balaban J connectivity index is 3.99. The predicted molar refractivity (Wildman–Crippen MR) is 45.4 cm³/mol. The average Bonchev–Trinajstić information content (AvgIpc) is 2.03. The highest BCUT2D eigenvalue weighted by Crippen LogP contribution is 2.18. The van der Waals surface area contributed by atoms with Crippen LogP contribution in [0.1, 0.15) is 33.1 Å². The van der Waals surface area contributed by atoms with Crippen molar-refractivity contribution < 1.29 is 22.7 Å². The molecule has 14 heavy (non-hydrogen) atoms. The van der Waals surface area contributed by atoms with Gasteiger partial charge in [0.2, 0.25) is 0 Å². The molecule has 0 aliphatic heterocycles. The van der Waals surface area contributed by atoms with Gasteiger partial charge in [-0.3, -0.25) is 0 Å². The summed E-state index contributed by atoms with van der Waals surface area (Å²) in [5.74, 6) is -2.16. The molecule has 2 nitrogen and oxygen atoms in total. The van der Waals surface area contributed by atoms with Gasteiger partial charge in [0.25, 0.3) is 0 Å². The zero-order valence-corrected chi connectivity index (χ0v) is 8.15. The fourth-order valence-corrected chi connectivity index (χ4v) is 0.755. The van der Waals surface area contributed by atoms with Crippen LogP contribution in [-0.4, -0.2) is 12.1 Å². The Kier molecular flexibility index (Phi) is 5.27. The molecule has 5 heteroatoms. The van der Waals surface area contributed by atoms with Gasteiger partial charge in [0.05, 0.1) is 0 Å². The Morgan fingerprint density at radius 2 is 2.00 bits per heavy atom. The maximum absolute atomic E-state index is 11.7. The molecule has 0 N–H and O–H groups in total. The van der Waals surface area contributed by atoms with E-state index in [1.165, 1.54) is 13.0 Å². The molecule has 0 rings (SSSR count). The number of halogens is 3. The van der Waals surface area contributed by atoms with E-state index >= 15 is 0 Å². The fourth-order valence-electron chi connectivity index (χ4n) is 0.755. The standard InChI is InChI=1S/C9H13F3O2/c1-3-4-5-6-7(2)14-8(13)9(10,11)12/h6H,3-5H2,1-2H3/b7-6-. The first-order chi connectivity index (χ1) is 6.38. The first-order valence-electron chi connectivity index (χ1n) is 4.33. The van der Waals surface area contributed by atoms with Crippen molar-refractivity contribution in [1.82, 2.24) is 0 Å². The molecule has 0 atom stereocenters. The van der Waals surface area contributed by atoms with Crippen molar-refractivity contribution in [2.45, 2.75) is 39.3 Å². The van der Waals surface area contributed by atoms with Crippen LogP contribution < -0.4 is 0 Å². The summed E-state index contributed by atoms with van der Waals surface area (Å²) in [6.07, 6.45) is -1.02. The number of allylic oxidation sites excluding steroid dienone is 2. The molecule has 0 bridgehead atoms. The van der Waals surface area contributed by atoms with Gasteiger partial charge in [-0.15, -0.1) is 0 Å². The van der Waals surface area contributed by atoms with Crippen LogP contribution in [0.25, 0.3) is 0 Å². The molecule has 0 fully saturated rings. The van der Waals surface area contributed by atoms with Gasteiger partial charge in [0.1, 0.15) is 5.76 Å². The Bertz CT molecular complexity index is 219. The van der Waals surface area contributed by atoms with Crippen molar-refractivity contribution in [3.05, 3.63) is 11.8 Å². The minimum absolute atomic E-state index is 0.000718. The van der Waals surface area contributed by atoms with Gasteiger partial charge in [-0.1, -0.05) is 13.3 Å². The van der Waals surface area contributed by atoms with Crippen molar-refractivity contribution in [3.63, 3.8) is 0 Å². The van der Waals surface area contributed by atoms with Crippen LogP contribution in [0.2, 0.25) is 0 Å². The largest absolute Gasteiger partial charge is 0.491 e. The first-order valence-corrected chi connectivity index (χ1v) is 4.33. The monoisotopic (exact) mass is 210 g/mol. The lowest BCUT2D eigenvalue weighted by atomic mass is 10.2. The molecule has 0 aliphatic carbocycles. The molecule has 0 saturated carbocycles. The third-order valence-electron chi connectivity index (χ3n) is 1.47. The van der Waals surface area contributed by atoms with Crippen LogP contribution in [0.5, 0.6) is 0 Å². The summed E-state index contributed by atoms with van der Waals surface area (Å²) < 4.78 is 39.1. The number of rotatable bonds is 4. The highest BCUT2D eigenvalue weighted by atomic mass is 19.4. The number of alkyl halides is 3. The summed E-state index contributed by atoms with van der Waals surface area (Å²) >= 11 is 0. The van der Waals surface area contributed by atoms with Gasteiger partial charge in [0, 0.05) is 0 Å². The molecule has 0 unspecified atom stereocenters. The molecule has 0 saturated heterocycles. The number of carbonyl (C=O) groups is 1. The maximum Gasteiger partial charge on any atom is 0.491 e. The Hall–Kier alpha value is -1.00. The molecule has 0 aromatic carbocycles. The van der Waals surface area contributed by atoms with Gasteiger partial charge in [-0.2, -0.15) is 13.2 Å². The molecular weight excluding hydrogens is 197 g/mol. The van der Waals surface area contributed by atoms with E-state index < -0.39 is 12.1 Å².